The molecule has 0 N–H and O–H groups in total. The Bertz CT molecular complexity index is 3470. The van der Waals surface area contributed by atoms with Crippen molar-refractivity contribution in [2.45, 2.75) is 0 Å². The number of hydrogen-bond donors (Lipinski definition) is 0. The van der Waals surface area contributed by atoms with Gasteiger partial charge in [-0.2, -0.15) is 0 Å². The van der Waals surface area contributed by atoms with E-state index in [2.05, 4.69) is 0 Å². The van der Waals surface area contributed by atoms with Gasteiger partial charge in [-0.25, -0.2) is 15.0 Å². The SMILES string of the molecule is [2H]c1c([2H])c([2H])c(-c2c([2H])c([2H])c([2H])c3oc4c([2H])c([2H])c(-c5nc(-c6ccc(-c7ccccc7)cc6)nc(-c6cccc7c6oc6ccccc67)n5)c([2H])c4c23)c([2H])c1[2H]. The minimum absolute atomic E-state index is 0.139. The highest BCUT2D eigenvalue weighted by molar-refractivity contribution is 6.13. The lowest BCUT2D eigenvalue weighted by Gasteiger charge is -2.10. The fourth-order valence-corrected chi connectivity index (χ4v) is 6.23. The van der Waals surface area contributed by atoms with Crippen LogP contribution >= 0.6 is 0 Å². The topological polar surface area (TPSA) is 65.0 Å². The summed E-state index contributed by atoms with van der Waals surface area (Å²) < 4.78 is 109. The summed E-state index contributed by atoms with van der Waals surface area (Å²) >= 11 is 0. The molecule has 7 aromatic carbocycles. The molecule has 0 aliphatic heterocycles. The van der Waals surface area contributed by atoms with Crippen LogP contribution in [0.25, 0.3) is 100 Å². The molecule has 0 spiro atoms. The van der Waals surface area contributed by atoms with Gasteiger partial charge in [0.05, 0.1) is 20.6 Å². The number of nitrogens with zero attached hydrogens (tertiary/aromatic N) is 3. The Balaban J connectivity index is 1.29. The van der Waals surface area contributed by atoms with Crippen molar-refractivity contribution < 1.29 is 23.9 Å². The maximum atomic E-state index is 9.72. The van der Waals surface area contributed by atoms with Gasteiger partial charge in [0.25, 0.3) is 0 Å². The minimum Gasteiger partial charge on any atom is -0.456 e. The molecule has 10 rings (SSSR count). The van der Waals surface area contributed by atoms with E-state index >= 15 is 0 Å². The largest absolute Gasteiger partial charge is 0.456 e. The summed E-state index contributed by atoms with van der Waals surface area (Å²) in [5.41, 5.74) is 2.41. The Morgan fingerprint density at radius 1 is 0.400 bits per heavy atom. The molecule has 50 heavy (non-hydrogen) atoms. The fourth-order valence-electron chi connectivity index (χ4n) is 6.23. The summed E-state index contributed by atoms with van der Waals surface area (Å²) in [6.07, 6.45) is 0. The molecule has 0 amide bonds. The van der Waals surface area contributed by atoms with Gasteiger partial charge in [0.2, 0.25) is 0 Å². The van der Waals surface area contributed by atoms with Gasteiger partial charge in [-0.15, -0.1) is 0 Å². The van der Waals surface area contributed by atoms with E-state index in [1.54, 1.807) is 6.07 Å². The summed E-state index contributed by atoms with van der Waals surface area (Å²) in [5, 5.41) is 1.29. The summed E-state index contributed by atoms with van der Waals surface area (Å²) in [7, 11) is 0. The van der Waals surface area contributed by atoms with Crippen molar-refractivity contribution in [3.8, 4) is 56.4 Å². The van der Waals surface area contributed by atoms with E-state index in [0.29, 0.717) is 22.3 Å². The van der Waals surface area contributed by atoms with Crippen molar-refractivity contribution in [1.29, 1.82) is 0 Å². The molecule has 0 radical (unpaired) electrons. The quantitative estimate of drug-likeness (QED) is 0.185. The smallest absolute Gasteiger partial charge is 0.167 e. The highest BCUT2D eigenvalue weighted by Crippen LogP contribution is 2.39. The molecule has 3 aromatic heterocycles. The first-order chi connectivity index (χ1) is 29.3. The van der Waals surface area contributed by atoms with E-state index in [1.807, 2.05) is 91.0 Å². The summed E-state index contributed by atoms with van der Waals surface area (Å²) in [6, 6.07) is 23.6. The molecule has 0 saturated carbocycles. The maximum absolute atomic E-state index is 9.72. The van der Waals surface area contributed by atoms with E-state index in [9.17, 15) is 4.11 Å². The Hall–Kier alpha value is -6.85. The Morgan fingerprint density at radius 2 is 1.12 bits per heavy atom. The number of benzene rings is 7. The maximum Gasteiger partial charge on any atom is 0.167 e. The van der Waals surface area contributed by atoms with Crippen molar-refractivity contribution in [3.63, 3.8) is 0 Å². The van der Waals surface area contributed by atoms with Crippen LogP contribution in [0.1, 0.15) is 15.1 Å². The van der Waals surface area contributed by atoms with Crippen LogP contribution in [0, 0.1) is 0 Å². The number of rotatable bonds is 5. The number of furan rings is 2. The van der Waals surface area contributed by atoms with Gasteiger partial charge >= 0.3 is 0 Å². The zero-order valence-electron chi connectivity index (χ0n) is 36.9. The van der Waals surface area contributed by atoms with Gasteiger partial charge in [-0.3, -0.25) is 0 Å². The van der Waals surface area contributed by atoms with Gasteiger partial charge in [-0.1, -0.05) is 127 Å². The van der Waals surface area contributed by atoms with Gasteiger partial charge in [0, 0.05) is 32.7 Å². The van der Waals surface area contributed by atoms with Crippen LogP contribution in [0.5, 0.6) is 0 Å². The monoisotopic (exact) mass is 652 g/mol. The molecule has 5 heteroatoms. The van der Waals surface area contributed by atoms with Gasteiger partial charge < -0.3 is 8.83 Å². The van der Waals surface area contributed by atoms with Crippen LogP contribution in [0.2, 0.25) is 0 Å². The van der Waals surface area contributed by atoms with Crippen LogP contribution in [0.3, 0.4) is 0 Å². The number of hydrogen-bond acceptors (Lipinski definition) is 5. The first-order valence-corrected chi connectivity index (χ1v) is 15.7. The van der Waals surface area contributed by atoms with Gasteiger partial charge in [-0.05, 0) is 58.6 Å². The normalized spacial score (nSPS) is 14.7. The predicted molar refractivity (Wildman–Crippen MR) is 202 cm³/mol. The van der Waals surface area contributed by atoms with Crippen molar-refractivity contribution in [3.05, 3.63) is 164 Å². The van der Waals surface area contributed by atoms with E-state index in [-0.39, 0.29) is 50.5 Å². The number of para-hydroxylation sites is 2. The zero-order chi connectivity index (χ0) is 42.6. The molecular formula is C45H27N3O2. The molecule has 5 nitrogen and oxygen atoms in total. The van der Waals surface area contributed by atoms with Crippen molar-refractivity contribution in [2.24, 2.45) is 0 Å². The number of aromatic nitrogens is 3. The average Bonchev–Trinajstić information content (AvgIpc) is 3.88. The third-order valence-corrected chi connectivity index (χ3v) is 8.58. The van der Waals surface area contributed by atoms with Crippen molar-refractivity contribution >= 4 is 43.9 Å². The number of fused-ring (bicyclic) bond motifs is 6. The minimum atomic E-state index is -0.694. The molecule has 0 bridgehead atoms. The van der Waals surface area contributed by atoms with Crippen LogP contribution < -0.4 is 0 Å². The van der Waals surface area contributed by atoms with E-state index in [4.69, 9.17) is 34.8 Å². The molecule has 0 unspecified atom stereocenters. The molecule has 0 aliphatic carbocycles. The molecule has 0 atom stereocenters. The molecular weight excluding hydrogens is 615 g/mol. The Kier molecular flexibility index (Phi) is 4.38. The Morgan fingerprint density at radius 3 is 1.98 bits per heavy atom. The van der Waals surface area contributed by atoms with E-state index in [0.717, 1.165) is 21.9 Å². The highest BCUT2D eigenvalue weighted by atomic mass is 16.3. The lowest BCUT2D eigenvalue weighted by molar-refractivity contribution is 0.669. The Labute approximate surface area is 302 Å². The summed E-state index contributed by atoms with van der Waals surface area (Å²) in [6.45, 7) is 0. The van der Waals surface area contributed by atoms with E-state index in [1.165, 1.54) is 0 Å². The second-order valence-electron chi connectivity index (χ2n) is 11.5. The average molecular weight is 653 g/mol. The molecule has 0 saturated heterocycles. The van der Waals surface area contributed by atoms with Crippen LogP contribution in [-0.2, 0) is 0 Å². The van der Waals surface area contributed by atoms with Gasteiger partial charge in [0.15, 0.2) is 17.5 Å². The van der Waals surface area contributed by atoms with Crippen molar-refractivity contribution in [1.82, 2.24) is 15.0 Å². The third kappa shape index (κ3) is 4.67. The third-order valence-electron chi connectivity index (χ3n) is 8.58. The van der Waals surface area contributed by atoms with Crippen LogP contribution in [-0.4, -0.2) is 15.0 Å². The van der Waals surface area contributed by atoms with Gasteiger partial charge in [0.1, 0.15) is 22.3 Å². The molecule has 10 aromatic rings. The van der Waals surface area contributed by atoms with Crippen LogP contribution in [0.4, 0.5) is 0 Å². The highest BCUT2D eigenvalue weighted by Gasteiger charge is 2.19. The molecule has 0 fully saturated rings. The van der Waals surface area contributed by atoms with E-state index < -0.39 is 72.0 Å². The zero-order valence-corrected chi connectivity index (χ0v) is 25.9. The summed E-state index contributed by atoms with van der Waals surface area (Å²) in [4.78, 5) is 14.6. The second kappa shape index (κ2) is 11.4. The first-order valence-electron chi connectivity index (χ1n) is 21.2. The first kappa shape index (κ1) is 19.2. The lowest BCUT2D eigenvalue weighted by atomic mass is 9.99. The standard InChI is InChI=1S/C45H27N3O2/c1-3-11-28(12-4-1)29-21-23-31(24-22-29)43-46-44(48-45(47-43)36-18-9-17-35-34-15-7-8-19-38(34)50-42(35)36)32-25-26-39-37(27-32)41-33(16-10-20-40(41)49-39)30-13-5-2-6-14-30/h1-27H/i2D,5D,6D,10D,13D,14D,16D,20D,25D,26D,27D. The molecule has 234 valence electrons. The molecule has 3 heterocycles. The van der Waals surface area contributed by atoms with Crippen molar-refractivity contribution in [2.75, 3.05) is 0 Å². The predicted octanol–water partition coefficient (Wildman–Crippen LogP) is 12.0. The lowest BCUT2D eigenvalue weighted by Crippen LogP contribution is -2.00. The second-order valence-corrected chi connectivity index (χ2v) is 11.5. The van der Waals surface area contributed by atoms with Crippen LogP contribution in [0.15, 0.2) is 172 Å². The summed E-state index contributed by atoms with van der Waals surface area (Å²) in [5.74, 6) is 0.147. The molecule has 0 aliphatic rings. The fraction of sp³-hybridized carbons (Fsp3) is 0.